The zero-order valence-corrected chi connectivity index (χ0v) is 8.08. The second-order valence-corrected chi connectivity index (χ2v) is 3.59. The minimum absolute atomic E-state index is 0.520. The van der Waals surface area contributed by atoms with Crippen LogP contribution in [0.15, 0.2) is 27.5 Å². The molecule has 1 aromatic carbocycles. The second-order valence-electron chi connectivity index (χ2n) is 1.88. The summed E-state index contributed by atoms with van der Waals surface area (Å²) in [6.07, 6.45) is 1.41. The number of carbonyl (C=O) groups excluding carboxylic acids is 1. The highest BCUT2D eigenvalue weighted by atomic mass is 35.5. The number of benzene rings is 1. The van der Waals surface area contributed by atoms with Gasteiger partial charge >= 0.3 is 0 Å². The minimum atomic E-state index is 0.520. The topological polar surface area (TPSA) is 29.4 Å². The predicted molar refractivity (Wildman–Crippen MR) is 50.4 cm³/mol. The zero-order chi connectivity index (χ0) is 8.97. The Hall–Kier alpha value is -0.470. The van der Waals surface area contributed by atoms with Crippen molar-refractivity contribution in [3.8, 4) is 0 Å². The lowest BCUT2D eigenvalue weighted by atomic mass is 10.4. The normalized spacial score (nSPS) is 9.17. The fourth-order valence-corrected chi connectivity index (χ4v) is 1.81. The third-order valence-corrected chi connectivity index (χ3v) is 2.07. The van der Waals surface area contributed by atoms with E-state index < -0.39 is 0 Å². The molecule has 1 rings (SSSR count). The minimum Gasteiger partial charge on any atom is -0.210 e. The van der Waals surface area contributed by atoms with Gasteiger partial charge in [-0.05, 0) is 18.2 Å². The van der Waals surface area contributed by atoms with Gasteiger partial charge in [-0.15, -0.1) is 4.40 Å². The lowest BCUT2D eigenvalue weighted by Gasteiger charge is -1.96. The summed E-state index contributed by atoms with van der Waals surface area (Å²) in [5, 5.41) is 1.04. The molecular formula is C7H3Cl2NOS. The van der Waals surface area contributed by atoms with E-state index in [1.54, 1.807) is 18.2 Å². The van der Waals surface area contributed by atoms with Crippen LogP contribution in [0.3, 0.4) is 0 Å². The van der Waals surface area contributed by atoms with Crippen LogP contribution in [-0.4, -0.2) is 6.08 Å². The fraction of sp³-hybridized carbons (Fsp3) is 0. The van der Waals surface area contributed by atoms with Crippen molar-refractivity contribution < 1.29 is 4.79 Å². The van der Waals surface area contributed by atoms with Crippen molar-refractivity contribution in [2.24, 2.45) is 4.40 Å². The first-order valence-electron chi connectivity index (χ1n) is 2.92. The van der Waals surface area contributed by atoms with E-state index >= 15 is 0 Å². The summed E-state index contributed by atoms with van der Waals surface area (Å²) in [5.74, 6) is 0. The lowest BCUT2D eigenvalue weighted by molar-refractivity contribution is 0.566. The molecule has 2 nitrogen and oxygen atoms in total. The second kappa shape index (κ2) is 4.53. The molecule has 62 valence electrons. The van der Waals surface area contributed by atoms with Crippen LogP contribution < -0.4 is 0 Å². The molecule has 0 atom stereocenters. The van der Waals surface area contributed by atoms with Crippen molar-refractivity contribution in [3.63, 3.8) is 0 Å². The van der Waals surface area contributed by atoms with Gasteiger partial charge < -0.3 is 0 Å². The van der Waals surface area contributed by atoms with E-state index in [0.29, 0.717) is 10.0 Å². The standard InChI is InChI=1S/C7H3Cl2NOS/c8-5-1-6(9)3-7(2-5)12-10-4-11/h1-3H. The molecule has 0 aromatic heterocycles. The first-order chi connectivity index (χ1) is 5.72. The van der Waals surface area contributed by atoms with E-state index in [4.69, 9.17) is 23.2 Å². The quantitative estimate of drug-likeness (QED) is 0.434. The van der Waals surface area contributed by atoms with Crippen LogP contribution in [0, 0.1) is 0 Å². The predicted octanol–water partition coefficient (Wildman–Crippen LogP) is 3.34. The molecule has 0 aliphatic heterocycles. The summed E-state index contributed by atoms with van der Waals surface area (Å²) in [6, 6.07) is 4.94. The Morgan fingerprint density at radius 2 is 1.83 bits per heavy atom. The van der Waals surface area contributed by atoms with Crippen molar-refractivity contribution >= 4 is 41.2 Å². The Morgan fingerprint density at radius 1 is 1.25 bits per heavy atom. The Labute approximate surface area is 83.7 Å². The van der Waals surface area contributed by atoms with E-state index in [2.05, 4.69) is 4.40 Å². The van der Waals surface area contributed by atoms with Crippen LogP contribution in [0.1, 0.15) is 0 Å². The van der Waals surface area contributed by atoms with Crippen LogP contribution in [0.2, 0.25) is 10.0 Å². The summed E-state index contributed by atoms with van der Waals surface area (Å²) in [7, 11) is 0. The van der Waals surface area contributed by atoms with Crippen molar-refractivity contribution in [2.45, 2.75) is 4.90 Å². The van der Waals surface area contributed by atoms with E-state index in [1.807, 2.05) is 0 Å². The van der Waals surface area contributed by atoms with Crippen LogP contribution >= 0.6 is 35.1 Å². The third kappa shape index (κ3) is 2.88. The molecule has 0 spiro atoms. The van der Waals surface area contributed by atoms with Crippen LogP contribution in [0.4, 0.5) is 0 Å². The summed E-state index contributed by atoms with van der Waals surface area (Å²) in [4.78, 5) is 10.5. The van der Waals surface area contributed by atoms with Gasteiger partial charge in [0.25, 0.3) is 0 Å². The van der Waals surface area contributed by atoms with Crippen molar-refractivity contribution in [1.29, 1.82) is 0 Å². The van der Waals surface area contributed by atoms with Crippen LogP contribution in [-0.2, 0) is 4.79 Å². The highest BCUT2D eigenvalue weighted by Crippen LogP contribution is 2.26. The van der Waals surface area contributed by atoms with Gasteiger partial charge in [0.1, 0.15) is 0 Å². The third-order valence-electron chi connectivity index (χ3n) is 1.02. The van der Waals surface area contributed by atoms with Gasteiger partial charge in [0.2, 0.25) is 6.08 Å². The van der Waals surface area contributed by atoms with Crippen LogP contribution in [0.25, 0.3) is 0 Å². The Morgan fingerprint density at radius 3 is 2.33 bits per heavy atom. The van der Waals surface area contributed by atoms with E-state index in [0.717, 1.165) is 16.8 Å². The molecular weight excluding hydrogens is 217 g/mol. The number of isocyanates is 1. The van der Waals surface area contributed by atoms with Gasteiger partial charge in [0.15, 0.2) is 0 Å². The summed E-state index contributed by atoms with van der Waals surface area (Å²) in [6.45, 7) is 0. The van der Waals surface area contributed by atoms with E-state index in [9.17, 15) is 4.79 Å². The maximum atomic E-state index is 9.77. The monoisotopic (exact) mass is 219 g/mol. The van der Waals surface area contributed by atoms with Crippen molar-refractivity contribution in [3.05, 3.63) is 28.2 Å². The zero-order valence-electron chi connectivity index (χ0n) is 5.75. The number of nitrogens with zero attached hydrogens (tertiary/aromatic N) is 1. The van der Waals surface area contributed by atoms with Gasteiger partial charge in [0.05, 0.1) is 0 Å². The van der Waals surface area contributed by atoms with Gasteiger partial charge in [-0.25, -0.2) is 4.79 Å². The van der Waals surface area contributed by atoms with Gasteiger partial charge in [-0.3, -0.25) is 0 Å². The Bertz CT molecular complexity index is 316. The molecule has 0 heterocycles. The molecule has 0 aliphatic rings. The average molecular weight is 220 g/mol. The van der Waals surface area contributed by atoms with Gasteiger partial charge in [-0.2, -0.15) is 0 Å². The van der Waals surface area contributed by atoms with Gasteiger partial charge in [-0.1, -0.05) is 23.2 Å². The SMILES string of the molecule is O=C=NSc1cc(Cl)cc(Cl)c1. The molecule has 12 heavy (non-hydrogen) atoms. The molecule has 0 radical (unpaired) electrons. The first-order valence-corrected chi connectivity index (χ1v) is 4.45. The first kappa shape index (κ1) is 9.62. The Balaban J connectivity index is 2.92. The molecule has 0 amide bonds. The molecule has 5 heteroatoms. The number of hydrogen-bond donors (Lipinski definition) is 0. The summed E-state index contributed by atoms with van der Waals surface area (Å²) in [5.41, 5.74) is 0. The highest BCUT2D eigenvalue weighted by Gasteiger charge is 1.97. The van der Waals surface area contributed by atoms with Crippen molar-refractivity contribution in [1.82, 2.24) is 0 Å². The van der Waals surface area contributed by atoms with Crippen LogP contribution in [0.5, 0.6) is 0 Å². The maximum Gasteiger partial charge on any atom is 0.247 e. The lowest BCUT2D eigenvalue weighted by Crippen LogP contribution is -1.70. The smallest absolute Gasteiger partial charge is 0.210 e. The number of hydrogen-bond acceptors (Lipinski definition) is 3. The summed E-state index contributed by atoms with van der Waals surface area (Å²) >= 11 is 12.4. The molecule has 0 bridgehead atoms. The molecule has 0 unspecified atom stereocenters. The molecule has 0 aliphatic carbocycles. The van der Waals surface area contributed by atoms with E-state index in [1.165, 1.54) is 6.08 Å². The van der Waals surface area contributed by atoms with Crippen molar-refractivity contribution in [2.75, 3.05) is 0 Å². The van der Waals surface area contributed by atoms with Gasteiger partial charge in [0, 0.05) is 26.9 Å². The average Bonchev–Trinajstić information content (AvgIpc) is 1.99. The molecule has 1 aromatic rings. The highest BCUT2D eigenvalue weighted by molar-refractivity contribution is 7.98. The molecule has 0 N–H and O–H groups in total. The maximum absolute atomic E-state index is 9.77. The molecule has 0 fully saturated rings. The largest absolute Gasteiger partial charge is 0.247 e. The molecule has 0 saturated heterocycles. The Kier molecular flexibility index (Phi) is 3.63. The fourth-order valence-electron chi connectivity index (χ4n) is 0.653. The summed E-state index contributed by atoms with van der Waals surface area (Å²) < 4.78 is 3.32. The molecule has 0 saturated carbocycles. The van der Waals surface area contributed by atoms with E-state index in [-0.39, 0.29) is 0 Å². The number of halogens is 2. The number of rotatable bonds is 2.